The molecule has 3 N–H and O–H groups in total. The summed E-state index contributed by atoms with van der Waals surface area (Å²) in [5, 5.41) is 2.89. The minimum Gasteiger partial charge on any atom is -0.494 e. The molecule has 0 aliphatic carbocycles. The lowest BCUT2D eigenvalue weighted by molar-refractivity contribution is -0.120. The molecule has 0 aromatic heterocycles. The predicted octanol–water partition coefficient (Wildman–Crippen LogP) is 2.64. The van der Waals surface area contributed by atoms with Gasteiger partial charge >= 0.3 is 0 Å². The van der Waals surface area contributed by atoms with Gasteiger partial charge in [-0.2, -0.15) is 0 Å². The average Bonchev–Trinajstić information content (AvgIpc) is 2.38. The highest BCUT2D eigenvalue weighted by atomic mass is 16.5. The van der Waals surface area contributed by atoms with Gasteiger partial charge in [-0.3, -0.25) is 4.79 Å². The highest BCUT2D eigenvalue weighted by molar-refractivity contribution is 5.92. The van der Waals surface area contributed by atoms with Gasteiger partial charge < -0.3 is 15.8 Å². The molecule has 0 saturated carbocycles. The van der Waals surface area contributed by atoms with Crippen LogP contribution in [0.15, 0.2) is 24.3 Å². The number of amides is 1. The second kappa shape index (κ2) is 7.79. The van der Waals surface area contributed by atoms with E-state index in [1.807, 2.05) is 31.2 Å². The van der Waals surface area contributed by atoms with Crippen LogP contribution >= 0.6 is 0 Å². The summed E-state index contributed by atoms with van der Waals surface area (Å²) in [6, 6.07) is 7.37. The zero-order valence-electron chi connectivity index (χ0n) is 12.0. The van der Waals surface area contributed by atoms with Gasteiger partial charge in [-0.25, -0.2) is 0 Å². The SMILES string of the molecule is CCOc1ccc(NC(=O)C(CN)CC(C)C)cc1. The predicted molar refractivity (Wildman–Crippen MR) is 78.2 cm³/mol. The first-order chi connectivity index (χ1) is 9.06. The highest BCUT2D eigenvalue weighted by Gasteiger charge is 2.18. The molecule has 1 unspecified atom stereocenters. The van der Waals surface area contributed by atoms with E-state index in [-0.39, 0.29) is 11.8 Å². The maximum atomic E-state index is 12.1. The first-order valence-corrected chi connectivity index (χ1v) is 6.80. The van der Waals surface area contributed by atoms with Crippen LogP contribution in [0, 0.1) is 11.8 Å². The van der Waals surface area contributed by atoms with Crippen LogP contribution in [0.1, 0.15) is 27.2 Å². The summed E-state index contributed by atoms with van der Waals surface area (Å²) in [6.45, 7) is 7.13. The Labute approximate surface area is 115 Å². The third-order valence-electron chi connectivity index (χ3n) is 2.84. The van der Waals surface area contributed by atoms with E-state index in [1.165, 1.54) is 0 Å². The number of anilines is 1. The van der Waals surface area contributed by atoms with E-state index >= 15 is 0 Å². The fourth-order valence-corrected chi connectivity index (χ4v) is 1.92. The molecule has 0 radical (unpaired) electrons. The lowest BCUT2D eigenvalue weighted by Crippen LogP contribution is -2.30. The van der Waals surface area contributed by atoms with Crippen LogP contribution in [0.5, 0.6) is 5.75 Å². The third kappa shape index (κ3) is 5.30. The lowest BCUT2D eigenvalue weighted by atomic mass is 9.96. The molecule has 0 fully saturated rings. The zero-order chi connectivity index (χ0) is 14.3. The first kappa shape index (κ1) is 15.5. The lowest BCUT2D eigenvalue weighted by Gasteiger charge is -2.17. The van der Waals surface area contributed by atoms with Gasteiger partial charge in [0.2, 0.25) is 5.91 Å². The molecular weight excluding hydrogens is 240 g/mol. The standard InChI is InChI=1S/C15H24N2O2/c1-4-19-14-7-5-13(6-8-14)17-15(18)12(10-16)9-11(2)3/h5-8,11-12H,4,9-10,16H2,1-3H3,(H,17,18). The van der Waals surface area contributed by atoms with Gasteiger partial charge in [-0.05, 0) is 43.5 Å². The number of carbonyl (C=O) groups excluding carboxylic acids is 1. The molecule has 0 aliphatic heterocycles. The molecule has 1 aromatic carbocycles. The maximum absolute atomic E-state index is 12.1. The summed E-state index contributed by atoms with van der Waals surface area (Å²) >= 11 is 0. The Balaban J connectivity index is 2.59. The molecule has 1 atom stereocenters. The summed E-state index contributed by atoms with van der Waals surface area (Å²) in [6.07, 6.45) is 0.805. The van der Waals surface area contributed by atoms with Crippen LogP contribution in [0.25, 0.3) is 0 Å². The topological polar surface area (TPSA) is 64.3 Å². The number of ether oxygens (including phenoxy) is 1. The fraction of sp³-hybridized carbons (Fsp3) is 0.533. The van der Waals surface area contributed by atoms with Gasteiger partial charge in [0.15, 0.2) is 0 Å². The van der Waals surface area contributed by atoms with Crippen LogP contribution in [-0.2, 0) is 4.79 Å². The molecule has 106 valence electrons. The van der Waals surface area contributed by atoms with Crippen LogP contribution in [0.4, 0.5) is 5.69 Å². The van der Waals surface area contributed by atoms with Crippen molar-refractivity contribution in [3.05, 3.63) is 24.3 Å². The molecule has 0 aliphatic rings. The van der Waals surface area contributed by atoms with Crippen molar-refractivity contribution in [1.82, 2.24) is 0 Å². The minimum absolute atomic E-state index is 0.0136. The van der Waals surface area contributed by atoms with Crippen molar-refractivity contribution >= 4 is 11.6 Å². The maximum Gasteiger partial charge on any atom is 0.228 e. The molecule has 1 aromatic rings. The second-order valence-corrected chi connectivity index (χ2v) is 5.01. The molecule has 4 heteroatoms. The van der Waals surface area contributed by atoms with Gasteiger partial charge in [0.25, 0.3) is 0 Å². The highest BCUT2D eigenvalue weighted by Crippen LogP contribution is 2.18. The van der Waals surface area contributed by atoms with E-state index in [0.717, 1.165) is 17.9 Å². The van der Waals surface area contributed by atoms with Crippen molar-refractivity contribution in [2.24, 2.45) is 17.6 Å². The van der Waals surface area contributed by atoms with E-state index in [9.17, 15) is 4.79 Å². The summed E-state index contributed by atoms with van der Waals surface area (Å²) in [5.41, 5.74) is 6.43. The molecule has 0 saturated heterocycles. The molecule has 4 nitrogen and oxygen atoms in total. The van der Waals surface area contributed by atoms with E-state index < -0.39 is 0 Å². The number of nitrogens with one attached hydrogen (secondary N) is 1. The van der Waals surface area contributed by atoms with Crippen molar-refractivity contribution in [3.8, 4) is 5.75 Å². The van der Waals surface area contributed by atoms with Gasteiger partial charge in [0.05, 0.1) is 12.5 Å². The molecular formula is C15H24N2O2. The van der Waals surface area contributed by atoms with Gasteiger partial charge in [0.1, 0.15) is 5.75 Å². The molecule has 0 heterocycles. The molecule has 0 bridgehead atoms. The minimum atomic E-state index is -0.133. The number of nitrogens with two attached hydrogens (primary N) is 1. The third-order valence-corrected chi connectivity index (χ3v) is 2.84. The Kier molecular flexibility index (Phi) is 6.36. The van der Waals surface area contributed by atoms with Crippen LogP contribution < -0.4 is 15.8 Å². The van der Waals surface area contributed by atoms with Crippen molar-refractivity contribution in [2.75, 3.05) is 18.5 Å². The van der Waals surface area contributed by atoms with Gasteiger partial charge in [-0.1, -0.05) is 13.8 Å². The van der Waals surface area contributed by atoms with Crippen LogP contribution in [0.2, 0.25) is 0 Å². The van der Waals surface area contributed by atoms with Crippen LogP contribution in [-0.4, -0.2) is 19.1 Å². The smallest absolute Gasteiger partial charge is 0.228 e. The number of hydrogen-bond donors (Lipinski definition) is 2. The van der Waals surface area contributed by atoms with Crippen molar-refractivity contribution in [3.63, 3.8) is 0 Å². The summed E-state index contributed by atoms with van der Waals surface area (Å²) < 4.78 is 5.35. The number of hydrogen-bond acceptors (Lipinski definition) is 3. The Bertz CT molecular complexity index is 388. The van der Waals surface area contributed by atoms with Gasteiger partial charge in [-0.15, -0.1) is 0 Å². The monoisotopic (exact) mass is 264 g/mol. The molecule has 1 amide bonds. The van der Waals surface area contributed by atoms with E-state index in [4.69, 9.17) is 10.5 Å². The first-order valence-electron chi connectivity index (χ1n) is 6.80. The van der Waals surface area contributed by atoms with E-state index in [2.05, 4.69) is 19.2 Å². The van der Waals surface area contributed by atoms with Crippen molar-refractivity contribution in [1.29, 1.82) is 0 Å². The molecule has 1 rings (SSSR count). The number of carbonyl (C=O) groups is 1. The fourth-order valence-electron chi connectivity index (χ4n) is 1.92. The Hall–Kier alpha value is -1.55. The van der Waals surface area contributed by atoms with Crippen LogP contribution in [0.3, 0.4) is 0 Å². The molecule has 19 heavy (non-hydrogen) atoms. The van der Waals surface area contributed by atoms with Gasteiger partial charge in [0, 0.05) is 12.2 Å². The largest absolute Gasteiger partial charge is 0.494 e. The Morgan fingerprint density at radius 2 is 1.95 bits per heavy atom. The number of benzene rings is 1. The van der Waals surface area contributed by atoms with Crippen molar-refractivity contribution in [2.45, 2.75) is 27.2 Å². The Morgan fingerprint density at radius 3 is 2.42 bits per heavy atom. The second-order valence-electron chi connectivity index (χ2n) is 5.01. The Morgan fingerprint density at radius 1 is 1.32 bits per heavy atom. The van der Waals surface area contributed by atoms with E-state index in [1.54, 1.807) is 0 Å². The van der Waals surface area contributed by atoms with Crippen molar-refractivity contribution < 1.29 is 9.53 Å². The summed E-state index contributed by atoms with van der Waals surface area (Å²) in [5.74, 6) is 1.12. The number of rotatable bonds is 7. The molecule has 0 spiro atoms. The average molecular weight is 264 g/mol. The zero-order valence-corrected chi connectivity index (χ0v) is 12.0. The van der Waals surface area contributed by atoms with E-state index in [0.29, 0.717) is 19.1 Å². The quantitative estimate of drug-likeness (QED) is 0.795. The summed E-state index contributed by atoms with van der Waals surface area (Å²) in [4.78, 5) is 12.1. The normalized spacial score (nSPS) is 12.3. The summed E-state index contributed by atoms with van der Waals surface area (Å²) in [7, 11) is 0.